The lowest BCUT2D eigenvalue weighted by Gasteiger charge is -2.21. The van der Waals surface area contributed by atoms with Gasteiger partial charge in [0.25, 0.3) is 5.91 Å². The highest BCUT2D eigenvalue weighted by molar-refractivity contribution is 5.94. The van der Waals surface area contributed by atoms with Gasteiger partial charge in [-0.25, -0.2) is 4.39 Å². The van der Waals surface area contributed by atoms with Crippen molar-refractivity contribution in [2.75, 3.05) is 6.54 Å². The topological polar surface area (TPSA) is 29.1 Å². The molecule has 0 spiro atoms. The summed E-state index contributed by atoms with van der Waals surface area (Å²) < 4.78 is 13.0. The van der Waals surface area contributed by atoms with E-state index in [9.17, 15) is 9.18 Å². The zero-order chi connectivity index (χ0) is 12.5. The summed E-state index contributed by atoms with van der Waals surface area (Å²) in [4.78, 5) is 11.9. The predicted molar refractivity (Wildman–Crippen MR) is 67.7 cm³/mol. The molecule has 0 saturated heterocycles. The van der Waals surface area contributed by atoms with Gasteiger partial charge in [0.1, 0.15) is 5.82 Å². The molecule has 1 aromatic rings. The molecule has 2 fully saturated rings. The SMILES string of the molecule is O=C(NC[C@@H]1C[C@H]2CC[C@@H]1C2)c1cccc(F)c1. The molecular weight excluding hydrogens is 229 g/mol. The Balaban J connectivity index is 1.56. The first-order valence-electron chi connectivity index (χ1n) is 6.76. The monoisotopic (exact) mass is 247 g/mol. The van der Waals surface area contributed by atoms with Gasteiger partial charge >= 0.3 is 0 Å². The van der Waals surface area contributed by atoms with Crippen molar-refractivity contribution in [1.82, 2.24) is 5.32 Å². The van der Waals surface area contributed by atoms with Crippen molar-refractivity contribution in [3.05, 3.63) is 35.6 Å². The van der Waals surface area contributed by atoms with E-state index in [1.807, 2.05) is 0 Å². The second kappa shape index (κ2) is 4.71. The number of fused-ring (bicyclic) bond motifs is 2. The highest BCUT2D eigenvalue weighted by atomic mass is 19.1. The Labute approximate surface area is 107 Å². The van der Waals surface area contributed by atoms with E-state index in [0.29, 0.717) is 11.5 Å². The Kier molecular flexibility index (Phi) is 3.06. The van der Waals surface area contributed by atoms with Gasteiger partial charge in [-0.05, 0) is 55.2 Å². The number of rotatable bonds is 3. The van der Waals surface area contributed by atoms with Gasteiger partial charge in [-0.3, -0.25) is 4.79 Å². The minimum absolute atomic E-state index is 0.155. The number of benzene rings is 1. The van der Waals surface area contributed by atoms with Gasteiger partial charge in [-0.1, -0.05) is 12.5 Å². The van der Waals surface area contributed by atoms with Gasteiger partial charge in [0, 0.05) is 12.1 Å². The van der Waals surface area contributed by atoms with Crippen LogP contribution in [0, 0.1) is 23.6 Å². The van der Waals surface area contributed by atoms with Crippen molar-refractivity contribution in [2.24, 2.45) is 17.8 Å². The van der Waals surface area contributed by atoms with E-state index < -0.39 is 0 Å². The van der Waals surface area contributed by atoms with E-state index in [1.165, 1.54) is 37.8 Å². The lowest BCUT2D eigenvalue weighted by atomic mass is 9.89. The van der Waals surface area contributed by atoms with Crippen LogP contribution < -0.4 is 5.32 Å². The average Bonchev–Trinajstić information content (AvgIpc) is 2.98. The van der Waals surface area contributed by atoms with Gasteiger partial charge in [-0.15, -0.1) is 0 Å². The molecule has 1 aromatic carbocycles. The van der Waals surface area contributed by atoms with Crippen LogP contribution in [-0.4, -0.2) is 12.5 Å². The highest BCUT2D eigenvalue weighted by Gasteiger charge is 2.39. The molecule has 18 heavy (non-hydrogen) atoms. The third-order valence-corrected chi connectivity index (χ3v) is 4.50. The maximum atomic E-state index is 13.0. The minimum atomic E-state index is -0.359. The molecule has 1 amide bonds. The Bertz CT molecular complexity index is 460. The molecule has 2 nitrogen and oxygen atoms in total. The molecule has 0 heterocycles. The zero-order valence-electron chi connectivity index (χ0n) is 10.4. The van der Waals surface area contributed by atoms with E-state index in [-0.39, 0.29) is 11.7 Å². The number of carbonyl (C=O) groups is 1. The van der Waals surface area contributed by atoms with Crippen LogP contribution in [0.2, 0.25) is 0 Å². The van der Waals surface area contributed by atoms with Crippen LogP contribution in [0.15, 0.2) is 24.3 Å². The van der Waals surface area contributed by atoms with Crippen molar-refractivity contribution in [3.8, 4) is 0 Å². The predicted octanol–water partition coefficient (Wildman–Crippen LogP) is 2.99. The van der Waals surface area contributed by atoms with E-state index in [0.717, 1.165) is 18.4 Å². The number of hydrogen-bond acceptors (Lipinski definition) is 1. The Morgan fingerprint density at radius 1 is 1.33 bits per heavy atom. The molecule has 0 unspecified atom stereocenters. The van der Waals surface area contributed by atoms with Crippen LogP contribution in [0.4, 0.5) is 4.39 Å². The number of amides is 1. The first-order chi connectivity index (χ1) is 8.72. The van der Waals surface area contributed by atoms with Crippen molar-refractivity contribution in [1.29, 1.82) is 0 Å². The fraction of sp³-hybridized carbons (Fsp3) is 0.533. The first kappa shape index (κ1) is 11.7. The van der Waals surface area contributed by atoms with Gasteiger partial charge in [0.05, 0.1) is 0 Å². The summed E-state index contributed by atoms with van der Waals surface area (Å²) in [6.07, 6.45) is 5.30. The van der Waals surface area contributed by atoms with Crippen LogP contribution >= 0.6 is 0 Å². The molecule has 1 N–H and O–H groups in total. The van der Waals surface area contributed by atoms with Crippen LogP contribution in [0.3, 0.4) is 0 Å². The van der Waals surface area contributed by atoms with Crippen molar-refractivity contribution in [3.63, 3.8) is 0 Å². The largest absolute Gasteiger partial charge is 0.352 e. The Morgan fingerprint density at radius 3 is 2.89 bits per heavy atom. The molecule has 2 aliphatic rings. The second-order valence-electron chi connectivity index (χ2n) is 5.66. The fourth-order valence-corrected chi connectivity index (χ4v) is 3.58. The van der Waals surface area contributed by atoms with Crippen LogP contribution in [0.1, 0.15) is 36.0 Å². The summed E-state index contributed by atoms with van der Waals surface area (Å²) in [6, 6.07) is 5.86. The Hall–Kier alpha value is -1.38. The third kappa shape index (κ3) is 2.26. The van der Waals surface area contributed by atoms with Crippen LogP contribution in [-0.2, 0) is 0 Å². The summed E-state index contributed by atoms with van der Waals surface area (Å²) in [6.45, 7) is 0.747. The lowest BCUT2D eigenvalue weighted by molar-refractivity contribution is 0.0941. The number of halogens is 1. The van der Waals surface area contributed by atoms with Crippen LogP contribution in [0.25, 0.3) is 0 Å². The molecule has 3 rings (SSSR count). The third-order valence-electron chi connectivity index (χ3n) is 4.50. The molecule has 2 aliphatic carbocycles. The summed E-state index contributed by atoms with van der Waals surface area (Å²) in [5.74, 6) is 1.83. The summed E-state index contributed by atoms with van der Waals surface area (Å²) in [5, 5.41) is 2.95. The lowest BCUT2D eigenvalue weighted by Crippen LogP contribution is -2.31. The molecular formula is C15H18FNO. The fourth-order valence-electron chi connectivity index (χ4n) is 3.58. The first-order valence-corrected chi connectivity index (χ1v) is 6.76. The molecule has 3 heteroatoms. The van der Waals surface area contributed by atoms with Crippen molar-refractivity contribution in [2.45, 2.75) is 25.7 Å². The zero-order valence-corrected chi connectivity index (χ0v) is 10.4. The quantitative estimate of drug-likeness (QED) is 0.874. The molecule has 2 bridgehead atoms. The normalized spacial score (nSPS) is 29.5. The average molecular weight is 247 g/mol. The van der Waals surface area contributed by atoms with E-state index in [1.54, 1.807) is 12.1 Å². The highest BCUT2D eigenvalue weighted by Crippen LogP contribution is 2.47. The van der Waals surface area contributed by atoms with Gasteiger partial charge in [0.2, 0.25) is 0 Å². The van der Waals surface area contributed by atoms with Gasteiger partial charge < -0.3 is 5.32 Å². The smallest absolute Gasteiger partial charge is 0.251 e. The summed E-state index contributed by atoms with van der Waals surface area (Å²) in [5.41, 5.74) is 0.415. The van der Waals surface area contributed by atoms with Crippen molar-refractivity contribution >= 4 is 5.91 Å². The molecule has 0 radical (unpaired) electrons. The molecule has 0 aromatic heterocycles. The minimum Gasteiger partial charge on any atom is -0.352 e. The van der Waals surface area contributed by atoms with Gasteiger partial charge in [-0.2, -0.15) is 0 Å². The molecule has 96 valence electrons. The van der Waals surface area contributed by atoms with Crippen LogP contribution in [0.5, 0.6) is 0 Å². The van der Waals surface area contributed by atoms with E-state index in [2.05, 4.69) is 5.32 Å². The maximum absolute atomic E-state index is 13.0. The summed E-state index contributed by atoms with van der Waals surface area (Å²) >= 11 is 0. The number of hydrogen-bond donors (Lipinski definition) is 1. The van der Waals surface area contributed by atoms with Crippen molar-refractivity contribution < 1.29 is 9.18 Å². The maximum Gasteiger partial charge on any atom is 0.251 e. The molecule has 3 atom stereocenters. The number of carbonyl (C=O) groups excluding carboxylic acids is 1. The standard InChI is InChI=1S/C15H18FNO/c16-14-3-1-2-12(8-14)15(18)17-9-13-7-10-4-5-11(13)6-10/h1-3,8,10-11,13H,4-7,9H2,(H,17,18)/t10-,11+,13-/m0/s1. The Morgan fingerprint density at radius 2 is 2.22 bits per heavy atom. The number of nitrogens with one attached hydrogen (secondary N) is 1. The molecule has 0 aliphatic heterocycles. The summed E-state index contributed by atoms with van der Waals surface area (Å²) in [7, 11) is 0. The van der Waals surface area contributed by atoms with E-state index in [4.69, 9.17) is 0 Å². The second-order valence-corrected chi connectivity index (χ2v) is 5.66. The van der Waals surface area contributed by atoms with E-state index >= 15 is 0 Å². The van der Waals surface area contributed by atoms with Gasteiger partial charge in [0.15, 0.2) is 0 Å². The molecule has 2 saturated carbocycles.